The first-order valence-electron chi connectivity index (χ1n) is 5.48. The summed E-state index contributed by atoms with van der Waals surface area (Å²) in [5, 5.41) is 0.182. The van der Waals surface area contributed by atoms with E-state index < -0.39 is 0 Å². The molecule has 0 saturated heterocycles. The van der Waals surface area contributed by atoms with Gasteiger partial charge in [0.05, 0.1) is 0 Å². The Morgan fingerprint density at radius 1 is 0.944 bits per heavy atom. The zero-order chi connectivity index (χ0) is 13.3. The Labute approximate surface area is 114 Å². The first kappa shape index (κ1) is 13.0. The molecule has 96 valence electrons. The summed E-state index contributed by atoms with van der Waals surface area (Å²) in [5.74, 6) is 0.814. The molecule has 2 aromatic rings. The van der Waals surface area contributed by atoms with Gasteiger partial charge in [0.2, 0.25) is 10.6 Å². The topological polar surface area (TPSA) is 80.8 Å². The van der Waals surface area contributed by atoms with Crippen LogP contribution in [0.5, 0.6) is 0 Å². The van der Waals surface area contributed by atoms with E-state index in [1.807, 2.05) is 18.7 Å². The highest BCUT2D eigenvalue weighted by Gasteiger charge is 2.16. The van der Waals surface area contributed by atoms with Gasteiger partial charge in [-0.15, -0.1) is 0 Å². The average molecular weight is 287 g/mol. The first-order chi connectivity index (χ1) is 8.56. The van der Waals surface area contributed by atoms with Crippen molar-refractivity contribution in [2.45, 2.75) is 13.8 Å². The highest BCUT2D eigenvalue weighted by Crippen LogP contribution is 2.27. The van der Waals surface area contributed by atoms with Crippen molar-refractivity contribution in [3.63, 3.8) is 0 Å². The van der Waals surface area contributed by atoms with Crippen molar-refractivity contribution in [2.75, 3.05) is 23.7 Å². The van der Waals surface area contributed by atoms with E-state index in [1.165, 1.54) is 0 Å². The Morgan fingerprint density at radius 2 is 1.50 bits per heavy atom. The number of aromatic nitrogens is 4. The predicted molar refractivity (Wildman–Crippen MR) is 73.1 cm³/mol. The molecule has 8 heteroatoms. The van der Waals surface area contributed by atoms with Gasteiger partial charge in [-0.05, 0) is 37.0 Å². The van der Waals surface area contributed by atoms with E-state index in [0.29, 0.717) is 16.9 Å². The second-order valence-corrected chi connectivity index (χ2v) is 4.24. The van der Waals surface area contributed by atoms with E-state index in [0.717, 1.165) is 13.1 Å². The highest BCUT2D eigenvalue weighted by atomic mass is 35.5. The maximum atomic E-state index is 5.90. The fourth-order valence-electron chi connectivity index (χ4n) is 1.71. The van der Waals surface area contributed by atoms with Gasteiger partial charge in [0.1, 0.15) is 11.0 Å². The predicted octanol–water partition coefficient (Wildman–Crippen LogP) is 2.16. The molecule has 0 bridgehead atoms. The average Bonchev–Trinajstić information content (AvgIpc) is 2.32. The Hall–Kier alpha value is -1.40. The van der Waals surface area contributed by atoms with Crippen LogP contribution < -0.4 is 10.6 Å². The summed E-state index contributed by atoms with van der Waals surface area (Å²) >= 11 is 11.7. The van der Waals surface area contributed by atoms with Crippen LogP contribution in [-0.2, 0) is 0 Å². The molecule has 0 aliphatic rings. The Morgan fingerprint density at radius 3 is 2.11 bits per heavy atom. The van der Waals surface area contributed by atoms with Gasteiger partial charge in [0.15, 0.2) is 11.6 Å². The van der Waals surface area contributed by atoms with Gasteiger partial charge in [-0.2, -0.15) is 9.97 Å². The van der Waals surface area contributed by atoms with Crippen molar-refractivity contribution >= 4 is 45.9 Å². The third kappa shape index (κ3) is 2.26. The summed E-state index contributed by atoms with van der Waals surface area (Å²) in [7, 11) is 0. The summed E-state index contributed by atoms with van der Waals surface area (Å²) in [6.45, 7) is 5.55. The molecule has 0 saturated carbocycles. The zero-order valence-corrected chi connectivity index (χ0v) is 11.5. The van der Waals surface area contributed by atoms with Crippen LogP contribution in [0.15, 0.2) is 0 Å². The van der Waals surface area contributed by atoms with Gasteiger partial charge in [-0.3, -0.25) is 0 Å². The van der Waals surface area contributed by atoms with Crippen molar-refractivity contribution in [2.24, 2.45) is 0 Å². The third-order valence-corrected chi connectivity index (χ3v) is 2.90. The molecular weight excluding hydrogens is 275 g/mol. The van der Waals surface area contributed by atoms with Crippen LogP contribution in [0.4, 0.5) is 11.6 Å². The first-order valence-corrected chi connectivity index (χ1v) is 6.23. The van der Waals surface area contributed by atoms with Crippen LogP contribution in [-0.4, -0.2) is 33.0 Å². The van der Waals surface area contributed by atoms with Gasteiger partial charge >= 0.3 is 0 Å². The summed E-state index contributed by atoms with van der Waals surface area (Å²) in [6.07, 6.45) is 0. The number of nitrogens with zero attached hydrogens (tertiary/aromatic N) is 5. The van der Waals surface area contributed by atoms with Gasteiger partial charge in [-0.1, -0.05) is 0 Å². The molecule has 2 N–H and O–H groups in total. The molecule has 0 aromatic carbocycles. The minimum Gasteiger partial charge on any atom is -0.382 e. The lowest BCUT2D eigenvalue weighted by molar-refractivity contribution is 0.846. The summed E-state index contributed by atoms with van der Waals surface area (Å²) in [6, 6.07) is 0. The van der Waals surface area contributed by atoms with Crippen LogP contribution in [0.25, 0.3) is 11.0 Å². The number of fused-ring (bicyclic) bond motifs is 1. The SMILES string of the molecule is CCN(CC)c1nc(Cl)nc2c(N)nc(Cl)nc12. The van der Waals surface area contributed by atoms with Gasteiger partial charge in [0, 0.05) is 13.1 Å². The second kappa shape index (κ2) is 5.07. The van der Waals surface area contributed by atoms with Gasteiger partial charge in [-0.25, -0.2) is 9.97 Å². The van der Waals surface area contributed by atoms with E-state index in [1.54, 1.807) is 0 Å². The van der Waals surface area contributed by atoms with Crippen molar-refractivity contribution in [1.82, 2.24) is 19.9 Å². The quantitative estimate of drug-likeness (QED) is 0.871. The molecule has 2 heterocycles. The minimum atomic E-state index is 0.0688. The summed E-state index contributed by atoms with van der Waals surface area (Å²) < 4.78 is 0. The number of hydrogen-bond acceptors (Lipinski definition) is 6. The molecule has 0 radical (unpaired) electrons. The fourth-order valence-corrected chi connectivity index (χ4v) is 2.05. The van der Waals surface area contributed by atoms with Crippen LogP contribution in [0.3, 0.4) is 0 Å². The number of hydrogen-bond donors (Lipinski definition) is 1. The molecule has 0 unspecified atom stereocenters. The Bertz CT molecular complexity index is 584. The lowest BCUT2D eigenvalue weighted by Gasteiger charge is -2.20. The fraction of sp³-hybridized carbons (Fsp3) is 0.400. The number of rotatable bonds is 3. The molecule has 0 aliphatic carbocycles. The molecule has 0 fully saturated rings. The van der Waals surface area contributed by atoms with Crippen molar-refractivity contribution < 1.29 is 0 Å². The van der Waals surface area contributed by atoms with Crippen LogP contribution >= 0.6 is 23.2 Å². The molecule has 0 amide bonds. The van der Waals surface area contributed by atoms with Crippen LogP contribution in [0, 0.1) is 0 Å². The lowest BCUT2D eigenvalue weighted by atomic mass is 10.3. The summed E-state index contributed by atoms with van der Waals surface area (Å²) in [4.78, 5) is 18.2. The highest BCUT2D eigenvalue weighted by molar-refractivity contribution is 6.30. The molecule has 0 spiro atoms. The number of halogens is 2. The van der Waals surface area contributed by atoms with Crippen molar-refractivity contribution in [1.29, 1.82) is 0 Å². The Balaban J connectivity index is 2.79. The van der Waals surface area contributed by atoms with Crippen LogP contribution in [0.1, 0.15) is 13.8 Å². The third-order valence-electron chi connectivity index (χ3n) is 2.56. The van der Waals surface area contributed by atoms with E-state index in [9.17, 15) is 0 Å². The smallest absolute Gasteiger partial charge is 0.225 e. The normalized spacial score (nSPS) is 10.9. The van der Waals surface area contributed by atoms with Crippen molar-refractivity contribution in [3.8, 4) is 0 Å². The van der Waals surface area contributed by atoms with E-state index in [-0.39, 0.29) is 16.4 Å². The van der Waals surface area contributed by atoms with Gasteiger partial charge in [0.25, 0.3) is 0 Å². The molecule has 0 aliphatic heterocycles. The number of nitrogen functional groups attached to an aromatic ring is 1. The maximum Gasteiger partial charge on any atom is 0.225 e. The Kier molecular flexibility index (Phi) is 3.68. The van der Waals surface area contributed by atoms with E-state index in [2.05, 4.69) is 19.9 Å². The standard InChI is InChI=1S/C10H12Cl2N6/c1-3-18(4-2)8-6-5(14-10(12)17-8)7(13)16-9(11)15-6/h3-4H2,1-2H3,(H2,13,15,16). The zero-order valence-electron chi connectivity index (χ0n) is 9.98. The summed E-state index contributed by atoms with van der Waals surface area (Å²) in [5.41, 5.74) is 6.71. The second-order valence-electron chi connectivity index (χ2n) is 3.56. The van der Waals surface area contributed by atoms with Crippen molar-refractivity contribution in [3.05, 3.63) is 10.6 Å². The largest absolute Gasteiger partial charge is 0.382 e. The molecule has 2 aromatic heterocycles. The molecular formula is C10H12Cl2N6. The molecule has 6 nitrogen and oxygen atoms in total. The van der Waals surface area contributed by atoms with E-state index in [4.69, 9.17) is 28.9 Å². The molecule has 2 rings (SSSR count). The minimum absolute atomic E-state index is 0.0688. The van der Waals surface area contributed by atoms with Gasteiger partial charge < -0.3 is 10.6 Å². The number of anilines is 2. The van der Waals surface area contributed by atoms with Crippen LogP contribution in [0.2, 0.25) is 10.6 Å². The van der Waals surface area contributed by atoms with E-state index >= 15 is 0 Å². The lowest BCUT2D eigenvalue weighted by Crippen LogP contribution is -2.24. The molecule has 18 heavy (non-hydrogen) atoms. The molecule has 0 atom stereocenters. The monoisotopic (exact) mass is 286 g/mol. The number of nitrogens with two attached hydrogens (primary N) is 1. The maximum absolute atomic E-state index is 5.90.